The SMILES string of the molecule is NC(N)=NOCCCOc1ccc(C[C@H](NS(=O)(=O)c2ccc(Cl)c(Cl)c2)C(=O)O)cc1. The van der Waals surface area contributed by atoms with E-state index < -0.39 is 22.0 Å². The van der Waals surface area contributed by atoms with Crippen molar-refractivity contribution in [3.63, 3.8) is 0 Å². The van der Waals surface area contributed by atoms with Gasteiger partial charge in [-0.25, -0.2) is 8.42 Å². The molecule has 0 fully saturated rings. The molecule has 32 heavy (non-hydrogen) atoms. The van der Waals surface area contributed by atoms with E-state index >= 15 is 0 Å². The normalized spacial score (nSPS) is 12.1. The van der Waals surface area contributed by atoms with Crippen molar-refractivity contribution >= 4 is 45.2 Å². The van der Waals surface area contributed by atoms with Gasteiger partial charge in [0.15, 0.2) is 0 Å². The highest BCUT2D eigenvalue weighted by Crippen LogP contribution is 2.25. The van der Waals surface area contributed by atoms with Gasteiger partial charge in [-0.15, -0.1) is 0 Å². The Morgan fingerprint density at radius 3 is 2.38 bits per heavy atom. The Kier molecular flexibility index (Phi) is 9.39. The molecule has 0 aliphatic carbocycles. The van der Waals surface area contributed by atoms with E-state index in [0.717, 1.165) is 6.07 Å². The molecular formula is C19H22Cl2N4O6S. The molecule has 0 unspecified atom stereocenters. The summed E-state index contributed by atoms with van der Waals surface area (Å²) in [6.45, 7) is 0.621. The molecule has 0 spiro atoms. The Morgan fingerprint density at radius 1 is 1.09 bits per heavy atom. The summed E-state index contributed by atoms with van der Waals surface area (Å²) in [5, 5.41) is 13.1. The molecule has 2 aromatic carbocycles. The van der Waals surface area contributed by atoms with Gasteiger partial charge in [-0.2, -0.15) is 4.72 Å². The number of aliphatic carboxylic acids is 1. The third-order valence-corrected chi connectivity index (χ3v) is 6.19. The molecule has 0 radical (unpaired) electrons. The molecule has 2 rings (SSSR count). The highest BCUT2D eigenvalue weighted by atomic mass is 35.5. The summed E-state index contributed by atoms with van der Waals surface area (Å²) in [5.74, 6) is -0.936. The largest absolute Gasteiger partial charge is 0.493 e. The van der Waals surface area contributed by atoms with Crippen molar-refractivity contribution in [2.24, 2.45) is 16.6 Å². The van der Waals surface area contributed by atoms with Crippen LogP contribution in [0.25, 0.3) is 0 Å². The Balaban J connectivity index is 1.95. The maximum atomic E-state index is 12.6. The topological polar surface area (TPSA) is 166 Å². The molecule has 0 aliphatic rings. The van der Waals surface area contributed by atoms with Crippen LogP contribution in [0.4, 0.5) is 0 Å². The third kappa shape index (κ3) is 8.08. The molecule has 6 N–H and O–H groups in total. The van der Waals surface area contributed by atoms with Crippen LogP contribution in [0.1, 0.15) is 12.0 Å². The van der Waals surface area contributed by atoms with Crippen molar-refractivity contribution in [2.75, 3.05) is 13.2 Å². The number of carboxylic acids is 1. The minimum Gasteiger partial charge on any atom is -0.493 e. The molecule has 2 aromatic rings. The minimum atomic E-state index is -4.13. The lowest BCUT2D eigenvalue weighted by Gasteiger charge is -2.15. The van der Waals surface area contributed by atoms with Crippen molar-refractivity contribution in [1.29, 1.82) is 0 Å². The van der Waals surface area contributed by atoms with Gasteiger partial charge in [0.05, 0.1) is 21.5 Å². The Labute approximate surface area is 195 Å². The lowest BCUT2D eigenvalue weighted by Crippen LogP contribution is -2.42. The van der Waals surface area contributed by atoms with Gasteiger partial charge in [0.2, 0.25) is 16.0 Å². The maximum absolute atomic E-state index is 12.6. The Morgan fingerprint density at radius 2 is 1.78 bits per heavy atom. The van der Waals surface area contributed by atoms with Gasteiger partial charge in [0.1, 0.15) is 18.4 Å². The van der Waals surface area contributed by atoms with Crippen molar-refractivity contribution in [2.45, 2.75) is 23.8 Å². The molecule has 0 amide bonds. The molecule has 0 saturated heterocycles. The first-order valence-electron chi connectivity index (χ1n) is 9.21. The number of hydrogen-bond acceptors (Lipinski definition) is 6. The number of nitrogens with one attached hydrogen (secondary N) is 1. The number of sulfonamides is 1. The fourth-order valence-electron chi connectivity index (χ4n) is 2.47. The van der Waals surface area contributed by atoms with Crippen LogP contribution in [0, 0.1) is 0 Å². The van der Waals surface area contributed by atoms with Gasteiger partial charge >= 0.3 is 5.97 Å². The van der Waals surface area contributed by atoms with Crippen LogP contribution in [0.3, 0.4) is 0 Å². The Hall–Kier alpha value is -2.73. The van der Waals surface area contributed by atoms with E-state index in [1.807, 2.05) is 0 Å². The van der Waals surface area contributed by atoms with E-state index in [1.54, 1.807) is 24.3 Å². The van der Waals surface area contributed by atoms with E-state index in [0.29, 0.717) is 24.3 Å². The standard InChI is InChI=1S/C19H22Cl2N4O6S/c20-15-7-6-14(11-16(15)21)32(28,29)25-17(18(26)27)10-12-2-4-13(5-3-12)30-8-1-9-31-24-19(22)23/h2-7,11,17,25H,1,8-10H2,(H,26,27)(H4,22,23,24)/t17-/m0/s1. The predicted octanol–water partition coefficient (Wildman–Crippen LogP) is 1.94. The van der Waals surface area contributed by atoms with E-state index in [4.69, 9.17) is 44.2 Å². The smallest absolute Gasteiger partial charge is 0.322 e. The Bertz CT molecular complexity index is 1060. The van der Waals surface area contributed by atoms with Gasteiger partial charge in [-0.05, 0) is 47.5 Å². The summed E-state index contributed by atoms with van der Waals surface area (Å²) in [5.41, 5.74) is 10.8. The van der Waals surface area contributed by atoms with E-state index in [9.17, 15) is 18.3 Å². The van der Waals surface area contributed by atoms with Crippen LogP contribution in [0.15, 0.2) is 52.5 Å². The second kappa shape index (κ2) is 11.8. The van der Waals surface area contributed by atoms with E-state index in [-0.39, 0.29) is 33.9 Å². The number of benzene rings is 2. The summed E-state index contributed by atoms with van der Waals surface area (Å²) >= 11 is 11.7. The summed E-state index contributed by atoms with van der Waals surface area (Å²) in [6.07, 6.45) is 0.457. The second-order valence-electron chi connectivity index (χ2n) is 6.49. The zero-order valence-electron chi connectivity index (χ0n) is 16.7. The van der Waals surface area contributed by atoms with Gasteiger partial charge in [0, 0.05) is 6.42 Å². The van der Waals surface area contributed by atoms with Gasteiger partial charge < -0.3 is 26.1 Å². The molecule has 0 heterocycles. The van der Waals surface area contributed by atoms with Crippen LogP contribution < -0.4 is 20.9 Å². The first-order valence-corrected chi connectivity index (χ1v) is 11.4. The van der Waals surface area contributed by atoms with Crippen LogP contribution >= 0.6 is 23.2 Å². The number of hydrogen-bond donors (Lipinski definition) is 4. The third-order valence-electron chi connectivity index (χ3n) is 3.98. The number of carbonyl (C=O) groups is 1. The van der Waals surface area contributed by atoms with Gasteiger partial charge in [-0.3, -0.25) is 4.79 Å². The van der Waals surface area contributed by atoms with Gasteiger partial charge in [-0.1, -0.05) is 35.3 Å². The number of ether oxygens (including phenoxy) is 1. The average Bonchev–Trinajstić information content (AvgIpc) is 2.72. The lowest BCUT2D eigenvalue weighted by atomic mass is 10.1. The highest BCUT2D eigenvalue weighted by molar-refractivity contribution is 7.89. The molecule has 10 nitrogen and oxygen atoms in total. The lowest BCUT2D eigenvalue weighted by molar-refractivity contribution is -0.138. The minimum absolute atomic E-state index is 0.0415. The average molecular weight is 505 g/mol. The van der Waals surface area contributed by atoms with E-state index in [2.05, 4.69) is 9.88 Å². The number of halogens is 2. The zero-order chi connectivity index (χ0) is 23.7. The molecular weight excluding hydrogens is 483 g/mol. The highest BCUT2D eigenvalue weighted by Gasteiger charge is 2.26. The summed E-state index contributed by atoms with van der Waals surface area (Å²) in [6, 6.07) is 8.92. The molecule has 174 valence electrons. The summed E-state index contributed by atoms with van der Waals surface area (Å²) < 4.78 is 32.8. The first-order chi connectivity index (χ1) is 15.1. The number of nitrogens with zero attached hydrogens (tertiary/aromatic N) is 1. The van der Waals surface area contributed by atoms with Crippen molar-refractivity contribution < 1.29 is 27.9 Å². The molecule has 13 heteroatoms. The number of oxime groups is 1. The fourth-order valence-corrected chi connectivity index (χ4v) is 4.05. The zero-order valence-corrected chi connectivity index (χ0v) is 19.0. The quantitative estimate of drug-likeness (QED) is 0.147. The maximum Gasteiger partial charge on any atom is 0.322 e. The van der Waals surface area contributed by atoms with Crippen LogP contribution in [-0.4, -0.2) is 44.7 Å². The van der Waals surface area contributed by atoms with Crippen molar-refractivity contribution in [3.05, 3.63) is 58.1 Å². The van der Waals surface area contributed by atoms with Gasteiger partial charge in [0.25, 0.3) is 0 Å². The van der Waals surface area contributed by atoms with Crippen LogP contribution in [0.5, 0.6) is 5.75 Å². The molecule has 0 bridgehead atoms. The number of carboxylic acid groups (broad SMARTS) is 1. The molecule has 1 atom stereocenters. The second-order valence-corrected chi connectivity index (χ2v) is 9.02. The molecule has 0 aliphatic heterocycles. The number of nitrogens with two attached hydrogens (primary N) is 2. The fraction of sp³-hybridized carbons (Fsp3) is 0.263. The van der Waals surface area contributed by atoms with Crippen LogP contribution in [-0.2, 0) is 26.1 Å². The summed E-state index contributed by atoms with van der Waals surface area (Å²) in [4.78, 5) is 16.3. The van der Waals surface area contributed by atoms with E-state index in [1.165, 1.54) is 12.1 Å². The van der Waals surface area contributed by atoms with Crippen LogP contribution in [0.2, 0.25) is 10.0 Å². The monoisotopic (exact) mass is 504 g/mol. The number of guanidine groups is 1. The predicted molar refractivity (Wildman–Crippen MR) is 120 cm³/mol. The first kappa shape index (κ1) is 25.5. The molecule has 0 saturated carbocycles. The summed E-state index contributed by atoms with van der Waals surface area (Å²) in [7, 11) is -4.13. The van der Waals surface area contributed by atoms with Crippen molar-refractivity contribution in [3.8, 4) is 5.75 Å². The van der Waals surface area contributed by atoms with Crippen molar-refractivity contribution in [1.82, 2.24) is 4.72 Å². The molecule has 0 aromatic heterocycles. The number of rotatable bonds is 12.